The van der Waals surface area contributed by atoms with Gasteiger partial charge >= 0.3 is 55.3 Å². The van der Waals surface area contributed by atoms with Crippen LogP contribution in [0.4, 0.5) is 0 Å². The van der Waals surface area contributed by atoms with Gasteiger partial charge in [0.05, 0.1) is 0 Å². The Hall–Kier alpha value is -0.361. The third-order valence-electron chi connectivity index (χ3n) is 0.463. The molecule has 0 amide bonds. The van der Waals surface area contributed by atoms with Crippen LogP contribution in [-0.4, -0.2) is 32.7 Å². The molecule has 3 heteroatoms. The maximum atomic E-state index is 10.3. The number of carbonyl (C=O) groups excluding carboxylic acids is 1. The molecule has 0 rings (SSSR count). The maximum absolute atomic E-state index is 10.3. The number of hydrogen-bond donors (Lipinski definition) is 0. The first kappa shape index (κ1) is 7.64. The molecule has 8 heavy (non-hydrogen) atoms. The second-order valence-electron chi connectivity index (χ2n) is 1.01. The van der Waals surface area contributed by atoms with Crippen LogP contribution < -0.4 is 0 Å². The van der Waals surface area contributed by atoms with Gasteiger partial charge in [0.25, 0.3) is 0 Å². The number of carbonyl (C=O) groups is 1. The summed E-state index contributed by atoms with van der Waals surface area (Å²) < 4.78 is 6.93. The molecule has 0 aromatic carbocycles. The number of ether oxygens (including phenoxy) is 1. The Bertz CT molecular complexity index is 124. The number of esters is 1. The molecule has 0 heterocycles. The van der Waals surface area contributed by atoms with Gasteiger partial charge in [-0.25, -0.2) is 0 Å². The quantitative estimate of drug-likeness (QED) is 0.328. The molecule has 0 saturated carbocycles. The molecule has 0 unspecified atom stereocenters. The summed E-state index contributed by atoms with van der Waals surface area (Å²) in [4.78, 5) is 10.3. The molecule has 0 aliphatic heterocycles. The molecule has 0 aliphatic rings. The molecule has 0 fully saturated rings. The molecule has 44 valence electrons. The van der Waals surface area contributed by atoms with Crippen molar-refractivity contribution >= 4 is 26.1 Å². The fourth-order valence-corrected chi connectivity index (χ4v) is 0.434. The van der Waals surface area contributed by atoms with Gasteiger partial charge in [-0.1, -0.05) is 0 Å². The Kier molecular flexibility index (Phi) is 4.57. The van der Waals surface area contributed by atoms with Gasteiger partial charge in [-0.3, -0.25) is 0 Å². The van der Waals surface area contributed by atoms with Crippen molar-refractivity contribution in [3.8, 4) is 0 Å². The van der Waals surface area contributed by atoms with E-state index in [0.717, 1.165) is 0 Å². The van der Waals surface area contributed by atoms with Crippen LogP contribution in [0, 0.1) is 0 Å². The van der Waals surface area contributed by atoms with Crippen LogP contribution in [0.2, 0.25) is 0 Å². The van der Waals surface area contributed by atoms with Crippen molar-refractivity contribution in [1.82, 2.24) is 0 Å². The average molecular weight is 177 g/mol. The molecule has 0 spiro atoms. The normalized spacial score (nSPS) is 7.12. The van der Waals surface area contributed by atoms with Crippen LogP contribution in [0.5, 0.6) is 0 Å². The SMILES string of the molecule is CCOC(=O)C=C=[Se]. The van der Waals surface area contributed by atoms with Crippen molar-refractivity contribution in [2.45, 2.75) is 6.92 Å². The Morgan fingerprint density at radius 1 is 2.00 bits per heavy atom. The second kappa shape index (κ2) is 4.79. The van der Waals surface area contributed by atoms with Crippen LogP contribution in [0.15, 0.2) is 6.08 Å². The van der Waals surface area contributed by atoms with Gasteiger partial charge in [0, 0.05) is 0 Å². The summed E-state index contributed by atoms with van der Waals surface area (Å²) in [5.41, 5.74) is 0. The first-order valence-electron chi connectivity index (χ1n) is 2.19. The molecule has 0 N–H and O–H groups in total. The van der Waals surface area contributed by atoms with E-state index in [0.29, 0.717) is 6.61 Å². The van der Waals surface area contributed by atoms with Crippen molar-refractivity contribution in [1.29, 1.82) is 0 Å². The number of rotatable bonds is 2. The first-order valence-corrected chi connectivity index (χ1v) is 3.04. The molecule has 2 nitrogen and oxygen atoms in total. The van der Waals surface area contributed by atoms with Crippen LogP contribution in [0.1, 0.15) is 6.92 Å². The Labute approximate surface area is 55.9 Å². The van der Waals surface area contributed by atoms with E-state index >= 15 is 0 Å². The zero-order valence-corrected chi connectivity index (χ0v) is 6.22. The molecule has 0 aromatic heterocycles. The third kappa shape index (κ3) is 3.82. The predicted octanol–water partition coefficient (Wildman–Crippen LogP) is -0.325. The van der Waals surface area contributed by atoms with Gasteiger partial charge < -0.3 is 0 Å². The Morgan fingerprint density at radius 3 is 3.00 bits per heavy atom. The fraction of sp³-hybridized carbons (Fsp3) is 0.400. The van der Waals surface area contributed by atoms with Gasteiger partial charge in [-0.05, 0) is 0 Å². The van der Waals surface area contributed by atoms with E-state index in [4.69, 9.17) is 0 Å². The molecule has 0 aromatic rings. The van der Waals surface area contributed by atoms with E-state index in [2.05, 4.69) is 24.9 Å². The standard InChI is InChI=1S/C5H6O2Se/c1-2-7-5(6)3-4-8/h3H,2H2,1H3. The monoisotopic (exact) mass is 178 g/mol. The topological polar surface area (TPSA) is 26.3 Å². The minimum atomic E-state index is -0.355. The summed E-state index contributed by atoms with van der Waals surface area (Å²) in [5.74, 6) is -0.355. The predicted molar refractivity (Wildman–Crippen MR) is 32.0 cm³/mol. The minimum absolute atomic E-state index is 0.355. The van der Waals surface area contributed by atoms with Crippen molar-refractivity contribution in [3.63, 3.8) is 0 Å². The molecular formula is C5H6O2Se. The van der Waals surface area contributed by atoms with Crippen molar-refractivity contribution in [2.24, 2.45) is 0 Å². The van der Waals surface area contributed by atoms with Gasteiger partial charge in [0.2, 0.25) is 0 Å². The van der Waals surface area contributed by atoms with Crippen LogP contribution in [0.25, 0.3) is 0 Å². The summed E-state index contributed by atoms with van der Waals surface area (Å²) >= 11 is 2.43. The average Bonchev–Trinajstić information content (AvgIpc) is 1.68. The molecule has 0 bridgehead atoms. The van der Waals surface area contributed by atoms with E-state index in [1.165, 1.54) is 6.08 Å². The zero-order chi connectivity index (χ0) is 6.41. The summed E-state index contributed by atoms with van der Waals surface area (Å²) in [6.45, 7) is 2.17. The Morgan fingerprint density at radius 2 is 2.62 bits per heavy atom. The molecule has 0 atom stereocenters. The first-order chi connectivity index (χ1) is 3.81. The summed E-state index contributed by atoms with van der Waals surface area (Å²) in [6.07, 6.45) is 1.21. The van der Waals surface area contributed by atoms with Crippen molar-refractivity contribution in [3.05, 3.63) is 6.08 Å². The van der Waals surface area contributed by atoms with Crippen LogP contribution >= 0.6 is 0 Å². The summed E-state index contributed by atoms with van der Waals surface area (Å²) in [5, 5.41) is 0. The Balaban J connectivity index is 3.49. The molecular weight excluding hydrogens is 171 g/mol. The summed E-state index contributed by atoms with van der Waals surface area (Å²) in [7, 11) is 0. The second-order valence-corrected chi connectivity index (χ2v) is 1.51. The van der Waals surface area contributed by atoms with E-state index < -0.39 is 0 Å². The summed E-state index contributed by atoms with van der Waals surface area (Å²) in [6, 6.07) is 0. The van der Waals surface area contributed by atoms with Gasteiger partial charge in [-0.2, -0.15) is 0 Å². The van der Waals surface area contributed by atoms with Gasteiger partial charge in [0.15, 0.2) is 0 Å². The van der Waals surface area contributed by atoms with Gasteiger partial charge in [-0.15, -0.1) is 0 Å². The van der Waals surface area contributed by atoms with E-state index in [1.54, 1.807) is 6.92 Å². The van der Waals surface area contributed by atoms with Crippen LogP contribution in [0.3, 0.4) is 0 Å². The van der Waals surface area contributed by atoms with E-state index in [9.17, 15) is 4.79 Å². The van der Waals surface area contributed by atoms with Crippen molar-refractivity contribution in [2.75, 3.05) is 6.61 Å². The third-order valence-corrected chi connectivity index (χ3v) is 0.711. The molecule has 0 saturated heterocycles. The van der Waals surface area contributed by atoms with Crippen LogP contribution in [-0.2, 0) is 9.53 Å². The van der Waals surface area contributed by atoms with E-state index in [1.807, 2.05) is 0 Å². The zero-order valence-electron chi connectivity index (χ0n) is 4.51. The molecule has 0 aliphatic carbocycles. The molecule has 0 radical (unpaired) electrons. The van der Waals surface area contributed by atoms with Crippen molar-refractivity contribution < 1.29 is 9.53 Å². The van der Waals surface area contributed by atoms with Gasteiger partial charge in [0.1, 0.15) is 0 Å². The number of hydrogen-bond acceptors (Lipinski definition) is 2. The fourth-order valence-electron chi connectivity index (χ4n) is 0.232. The van der Waals surface area contributed by atoms with E-state index in [-0.39, 0.29) is 5.97 Å².